The highest BCUT2D eigenvalue weighted by atomic mass is 79.9. The van der Waals surface area contributed by atoms with Gasteiger partial charge in [-0.25, -0.2) is 4.79 Å². The molecule has 3 aromatic rings. The largest absolute Gasteiger partial charge is 0.422 e. The summed E-state index contributed by atoms with van der Waals surface area (Å²) in [6.07, 6.45) is 0. The molecule has 2 nitrogen and oxygen atoms in total. The van der Waals surface area contributed by atoms with E-state index in [4.69, 9.17) is 4.74 Å². The fraction of sp³-hybridized carbons (Fsp3) is 0.0556. The van der Waals surface area contributed by atoms with Gasteiger partial charge in [-0.2, -0.15) is 0 Å². The minimum atomic E-state index is -0.357. The van der Waals surface area contributed by atoms with Gasteiger partial charge >= 0.3 is 5.97 Å². The SMILES string of the molecule is Cc1ccc(-c2ccc(OC(=O)c3cc(Br)c(Br)s3)cc2)cc1. The maximum absolute atomic E-state index is 12.1. The second-order valence-corrected chi connectivity index (χ2v) is 8.24. The molecule has 0 N–H and O–H groups in total. The molecule has 116 valence electrons. The first-order valence-electron chi connectivity index (χ1n) is 6.87. The molecule has 0 amide bonds. The number of thiophene rings is 1. The van der Waals surface area contributed by atoms with Gasteiger partial charge in [0.25, 0.3) is 0 Å². The van der Waals surface area contributed by atoms with Crippen LogP contribution in [-0.4, -0.2) is 5.97 Å². The van der Waals surface area contributed by atoms with Gasteiger partial charge in [-0.15, -0.1) is 11.3 Å². The van der Waals surface area contributed by atoms with Gasteiger partial charge < -0.3 is 4.74 Å². The monoisotopic (exact) mass is 450 g/mol. The third kappa shape index (κ3) is 3.91. The highest BCUT2D eigenvalue weighted by Gasteiger charge is 2.14. The predicted molar refractivity (Wildman–Crippen MR) is 101 cm³/mol. The zero-order valence-corrected chi connectivity index (χ0v) is 16.2. The quantitative estimate of drug-likeness (QED) is 0.337. The smallest absolute Gasteiger partial charge is 0.353 e. The lowest BCUT2D eigenvalue weighted by Crippen LogP contribution is -2.06. The Morgan fingerprint density at radius 2 is 1.52 bits per heavy atom. The van der Waals surface area contributed by atoms with Gasteiger partial charge in [0.2, 0.25) is 0 Å². The Morgan fingerprint density at radius 1 is 0.957 bits per heavy atom. The Morgan fingerprint density at radius 3 is 2.04 bits per heavy atom. The number of carbonyl (C=O) groups excluding carboxylic acids is 1. The van der Waals surface area contributed by atoms with Crippen LogP contribution in [0.15, 0.2) is 62.9 Å². The molecule has 0 saturated heterocycles. The Balaban J connectivity index is 1.74. The van der Waals surface area contributed by atoms with Crippen molar-refractivity contribution in [1.82, 2.24) is 0 Å². The minimum Gasteiger partial charge on any atom is -0.422 e. The van der Waals surface area contributed by atoms with Crippen LogP contribution in [0.4, 0.5) is 0 Å². The van der Waals surface area contributed by atoms with Gasteiger partial charge in [-0.3, -0.25) is 0 Å². The highest BCUT2D eigenvalue weighted by Crippen LogP contribution is 2.33. The summed E-state index contributed by atoms with van der Waals surface area (Å²) in [5, 5.41) is 0. The third-order valence-corrected chi connectivity index (χ3v) is 6.53. The van der Waals surface area contributed by atoms with Crippen LogP contribution in [0.1, 0.15) is 15.2 Å². The number of ether oxygens (including phenoxy) is 1. The van der Waals surface area contributed by atoms with E-state index >= 15 is 0 Å². The Kier molecular flexibility index (Phi) is 4.99. The van der Waals surface area contributed by atoms with Crippen molar-refractivity contribution in [3.05, 3.63) is 73.3 Å². The number of esters is 1. The lowest BCUT2D eigenvalue weighted by atomic mass is 10.0. The van der Waals surface area contributed by atoms with E-state index in [0.29, 0.717) is 10.6 Å². The summed E-state index contributed by atoms with van der Waals surface area (Å²) in [5.74, 6) is 0.177. The van der Waals surface area contributed by atoms with E-state index in [0.717, 1.165) is 19.4 Å². The van der Waals surface area contributed by atoms with Crippen molar-refractivity contribution in [3.8, 4) is 16.9 Å². The zero-order valence-electron chi connectivity index (χ0n) is 12.2. The molecular weight excluding hydrogens is 440 g/mol. The molecule has 23 heavy (non-hydrogen) atoms. The third-order valence-electron chi connectivity index (χ3n) is 3.30. The topological polar surface area (TPSA) is 26.3 Å². The normalized spacial score (nSPS) is 10.6. The van der Waals surface area contributed by atoms with E-state index in [-0.39, 0.29) is 5.97 Å². The summed E-state index contributed by atoms with van der Waals surface area (Å²) >= 11 is 8.08. The molecule has 0 aliphatic rings. The van der Waals surface area contributed by atoms with Crippen LogP contribution < -0.4 is 4.74 Å². The molecule has 0 radical (unpaired) electrons. The van der Waals surface area contributed by atoms with Crippen molar-refractivity contribution in [2.75, 3.05) is 0 Å². The number of hydrogen-bond acceptors (Lipinski definition) is 3. The average Bonchev–Trinajstić information content (AvgIpc) is 2.88. The van der Waals surface area contributed by atoms with Crippen molar-refractivity contribution in [3.63, 3.8) is 0 Å². The molecule has 0 aliphatic heterocycles. The standard InChI is InChI=1S/C18H12Br2O2S/c1-11-2-4-12(5-3-11)13-6-8-14(9-7-13)22-18(21)16-10-15(19)17(20)23-16/h2-10H,1H3. The number of benzene rings is 2. The summed E-state index contributed by atoms with van der Waals surface area (Å²) in [6, 6.07) is 17.6. The van der Waals surface area contributed by atoms with Crippen molar-refractivity contribution in [2.45, 2.75) is 6.92 Å². The van der Waals surface area contributed by atoms with E-state index in [1.807, 2.05) is 24.3 Å². The lowest BCUT2D eigenvalue weighted by molar-refractivity contribution is 0.0740. The summed E-state index contributed by atoms with van der Waals surface area (Å²) in [7, 11) is 0. The summed E-state index contributed by atoms with van der Waals surface area (Å²) in [5.41, 5.74) is 3.46. The summed E-state index contributed by atoms with van der Waals surface area (Å²) in [6.45, 7) is 2.06. The average molecular weight is 452 g/mol. The second kappa shape index (κ2) is 6.99. The molecule has 1 heterocycles. The molecular formula is C18H12Br2O2S. The lowest BCUT2D eigenvalue weighted by Gasteiger charge is -2.05. The number of halogens is 2. The van der Waals surface area contributed by atoms with Gasteiger partial charge in [-0.1, -0.05) is 42.0 Å². The van der Waals surface area contributed by atoms with Crippen molar-refractivity contribution < 1.29 is 9.53 Å². The fourth-order valence-corrected chi connectivity index (χ4v) is 3.98. The van der Waals surface area contributed by atoms with Gasteiger partial charge in [0.1, 0.15) is 10.6 Å². The summed E-state index contributed by atoms with van der Waals surface area (Å²) < 4.78 is 7.13. The van der Waals surface area contributed by atoms with Gasteiger partial charge in [0, 0.05) is 4.47 Å². The van der Waals surface area contributed by atoms with Gasteiger partial charge in [-0.05, 0) is 68.1 Å². The molecule has 0 aliphatic carbocycles. The highest BCUT2D eigenvalue weighted by molar-refractivity contribution is 9.13. The first kappa shape index (κ1) is 16.4. The first-order chi connectivity index (χ1) is 11.0. The number of hydrogen-bond donors (Lipinski definition) is 0. The molecule has 1 aromatic heterocycles. The van der Waals surface area contributed by atoms with Crippen molar-refractivity contribution in [2.24, 2.45) is 0 Å². The van der Waals surface area contributed by atoms with Crippen LogP contribution in [0, 0.1) is 6.92 Å². The molecule has 0 spiro atoms. The first-order valence-corrected chi connectivity index (χ1v) is 9.27. The van der Waals surface area contributed by atoms with E-state index in [1.165, 1.54) is 16.9 Å². The van der Waals surface area contributed by atoms with E-state index in [2.05, 4.69) is 63.0 Å². The predicted octanol–water partition coefficient (Wildman–Crippen LogP) is 6.47. The molecule has 0 fully saturated rings. The Labute approximate surface area is 155 Å². The second-order valence-electron chi connectivity index (χ2n) is 5.01. The molecule has 3 rings (SSSR count). The van der Waals surface area contributed by atoms with E-state index in [1.54, 1.807) is 6.07 Å². The van der Waals surface area contributed by atoms with Crippen LogP contribution in [0.5, 0.6) is 5.75 Å². The van der Waals surface area contributed by atoms with E-state index < -0.39 is 0 Å². The molecule has 0 unspecified atom stereocenters. The number of carbonyl (C=O) groups is 1. The molecule has 0 saturated carbocycles. The summed E-state index contributed by atoms with van der Waals surface area (Å²) in [4.78, 5) is 12.7. The van der Waals surface area contributed by atoms with Crippen LogP contribution in [0.2, 0.25) is 0 Å². The molecule has 5 heteroatoms. The van der Waals surface area contributed by atoms with Crippen LogP contribution in [0.3, 0.4) is 0 Å². The van der Waals surface area contributed by atoms with Crippen LogP contribution in [-0.2, 0) is 0 Å². The molecule has 0 atom stereocenters. The zero-order chi connectivity index (χ0) is 16.4. The van der Waals surface area contributed by atoms with Crippen molar-refractivity contribution in [1.29, 1.82) is 0 Å². The van der Waals surface area contributed by atoms with E-state index in [9.17, 15) is 4.79 Å². The van der Waals surface area contributed by atoms with Crippen LogP contribution in [0.25, 0.3) is 11.1 Å². The fourth-order valence-electron chi connectivity index (χ4n) is 2.07. The number of aryl methyl sites for hydroxylation is 1. The Bertz CT molecular complexity index is 817. The Hall–Kier alpha value is -1.43. The number of rotatable bonds is 3. The molecule has 2 aromatic carbocycles. The maximum Gasteiger partial charge on any atom is 0.353 e. The van der Waals surface area contributed by atoms with Crippen LogP contribution >= 0.6 is 43.2 Å². The minimum absolute atomic E-state index is 0.357. The molecule has 0 bridgehead atoms. The van der Waals surface area contributed by atoms with Crippen molar-refractivity contribution >= 4 is 49.2 Å². The van der Waals surface area contributed by atoms with Gasteiger partial charge in [0.15, 0.2) is 0 Å². The maximum atomic E-state index is 12.1. The van der Waals surface area contributed by atoms with Gasteiger partial charge in [0.05, 0.1) is 3.79 Å².